The summed E-state index contributed by atoms with van der Waals surface area (Å²) in [7, 11) is 0. The van der Waals surface area contributed by atoms with Gasteiger partial charge in [-0.2, -0.15) is 0 Å². The Hall–Kier alpha value is -4.13. The number of benzene rings is 2. The van der Waals surface area contributed by atoms with E-state index in [0.717, 1.165) is 11.1 Å². The van der Waals surface area contributed by atoms with Crippen LogP contribution in [-0.4, -0.2) is 25.7 Å². The Morgan fingerprint density at radius 2 is 1.84 bits per heavy atom. The van der Waals surface area contributed by atoms with Gasteiger partial charge in [0.15, 0.2) is 5.65 Å². The topological polar surface area (TPSA) is 96.7 Å². The molecule has 2 aromatic carbocycles. The quantitative estimate of drug-likeness (QED) is 0.422. The number of carbonyl (C=O) groups is 1. The van der Waals surface area contributed by atoms with E-state index in [4.69, 9.17) is 4.74 Å². The average Bonchev–Trinajstić information content (AvgIpc) is 3.22. The average molecular weight is 429 g/mol. The molecule has 0 atom stereocenters. The van der Waals surface area contributed by atoms with Crippen LogP contribution in [0.4, 0.5) is 0 Å². The Kier molecular flexibility index (Phi) is 5.89. The number of fused-ring (bicyclic) bond motifs is 1. The molecule has 32 heavy (non-hydrogen) atoms. The van der Waals surface area contributed by atoms with Crippen LogP contribution in [0.5, 0.6) is 5.75 Å². The maximum atomic E-state index is 13.1. The van der Waals surface area contributed by atoms with E-state index in [-0.39, 0.29) is 16.8 Å². The summed E-state index contributed by atoms with van der Waals surface area (Å²) >= 11 is 0. The maximum absolute atomic E-state index is 13.1. The fourth-order valence-electron chi connectivity index (χ4n) is 3.39. The number of hydrogen-bond acceptors (Lipinski definition) is 4. The summed E-state index contributed by atoms with van der Waals surface area (Å²) in [5.74, 6) is -0.461. The molecule has 4 aromatic rings. The Bertz CT molecular complexity index is 1350. The normalized spacial score (nSPS) is 10.8. The van der Waals surface area contributed by atoms with Crippen molar-refractivity contribution < 1.29 is 14.6 Å². The molecular weight excluding hydrogens is 406 g/mol. The number of H-pyrrole nitrogens is 1. The molecular formula is C25H23N3O4. The molecule has 2 heterocycles. The molecule has 7 heteroatoms. The largest absolute Gasteiger partial charge is 0.489 e. The van der Waals surface area contributed by atoms with Crippen LogP contribution in [0.3, 0.4) is 0 Å². The monoisotopic (exact) mass is 429 g/mol. The number of allylic oxidation sites excluding steroid dienone is 2. The summed E-state index contributed by atoms with van der Waals surface area (Å²) in [6.07, 6.45) is 3.62. The summed E-state index contributed by atoms with van der Waals surface area (Å²) in [5, 5.41) is 12.2. The maximum Gasteiger partial charge on any atom is 0.341 e. The summed E-state index contributed by atoms with van der Waals surface area (Å²) in [6, 6.07) is 17.2. The van der Waals surface area contributed by atoms with Gasteiger partial charge in [-0.1, -0.05) is 42.0 Å². The van der Waals surface area contributed by atoms with Crippen molar-refractivity contribution in [3.8, 4) is 17.0 Å². The molecule has 0 fully saturated rings. The highest BCUT2D eigenvalue weighted by atomic mass is 16.5. The van der Waals surface area contributed by atoms with Gasteiger partial charge < -0.3 is 9.84 Å². The molecule has 0 unspecified atom stereocenters. The van der Waals surface area contributed by atoms with Crippen molar-refractivity contribution in [3.05, 3.63) is 99.5 Å². The molecule has 0 amide bonds. The molecule has 2 N–H and O–H groups in total. The molecule has 0 radical (unpaired) electrons. The van der Waals surface area contributed by atoms with Crippen molar-refractivity contribution >= 4 is 11.6 Å². The van der Waals surface area contributed by atoms with Crippen molar-refractivity contribution in [2.45, 2.75) is 26.9 Å². The number of nitrogens with zero attached hydrogens (tertiary/aromatic N) is 2. The van der Waals surface area contributed by atoms with Crippen LogP contribution in [0.15, 0.2) is 77.2 Å². The van der Waals surface area contributed by atoms with Crippen molar-refractivity contribution in [1.29, 1.82) is 0 Å². The van der Waals surface area contributed by atoms with Gasteiger partial charge in [-0.05, 0) is 50.1 Å². The van der Waals surface area contributed by atoms with E-state index in [1.165, 1.54) is 10.7 Å². The minimum absolute atomic E-state index is 0.0556. The first-order valence-electron chi connectivity index (χ1n) is 10.2. The van der Waals surface area contributed by atoms with E-state index < -0.39 is 5.97 Å². The first-order chi connectivity index (χ1) is 15.4. The molecule has 4 rings (SSSR count). The van der Waals surface area contributed by atoms with E-state index in [2.05, 4.69) is 10.1 Å². The van der Waals surface area contributed by atoms with E-state index >= 15 is 0 Å². The molecule has 2 aromatic heterocycles. The van der Waals surface area contributed by atoms with Crippen LogP contribution in [0.1, 0.15) is 35.3 Å². The minimum atomic E-state index is -1.15. The summed E-state index contributed by atoms with van der Waals surface area (Å²) in [5.41, 5.74) is 3.51. The lowest BCUT2D eigenvalue weighted by atomic mass is 10.0. The number of carboxylic acid groups (broad SMARTS) is 1. The van der Waals surface area contributed by atoms with Crippen LogP contribution in [0.25, 0.3) is 16.9 Å². The van der Waals surface area contributed by atoms with Gasteiger partial charge in [0.1, 0.15) is 17.9 Å². The Morgan fingerprint density at radius 3 is 2.50 bits per heavy atom. The number of aromatic amines is 1. The number of carboxylic acids is 1. The lowest BCUT2D eigenvalue weighted by Crippen LogP contribution is -2.21. The second kappa shape index (κ2) is 8.93. The zero-order valence-electron chi connectivity index (χ0n) is 17.8. The zero-order chi connectivity index (χ0) is 22.7. The predicted molar refractivity (Wildman–Crippen MR) is 122 cm³/mol. The second-order valence-corrected chi connectivity index (χ2v) is 7.68. The second-order valence-electron chi connectivity index (χ2n) is 7.68. The Labute approximate surface area is 184 Å². The standard InChI is InChI=1S/C25H23N3O4/c1-16(2)8-13-20-22(27-23-21(25(30)31)14-26-28(23)24(20)29)18-9-11-19(12-10-18)32-15-17-6-4-3-5-7-17/h3-12,14,26H,13,15H2,1-2H3,(H,30,31). The minimum Gasteiger partial charge on any atom is -0.489 e. The van der Waals surface area contributed by atoms with E-state index in [0.29, 0.717) is 35.6 Å². The van der Waals surface area contributed by atoms with Gasteiger partial charge in [0.05, 0.1) is 5.69 Å². The van der Waals surface area contributed by atoms with Crippen molar-refractivity contribution in [2.75, 3.05) is 0 Å². The van der Waals surface area contributed by atoms with Gasteiger partial charge in [-0.3, -0.25) is 9.89 Å². The van der Waals surface area contributed by atoms with Crippen molar-refractivity contribution in [1.82, 2.24) is 14.6 Å². The fraction of sp³-hybridized carbons (Fsp3) is 0.160. The highest BCUT2D eigenvalue weighted by molar-refractivity contribution is 5.94. The van der Waals surface area contributed by atoms with Crippen molar-refractivity contribution in [2.24, 2.45) is 0 Å². The highest BCUT2D eigenvalue weighted by Crippen LogP contribution is 2.25. The highest BCUT2D eigenvalue weighted by Gasteiger charge is 2.19. The molecule has 0 spiro atoms. The van der Waals surface area contributed by atoms with Crippen LogP contribution in [0.2, 0.25) is 0 Å². The van der Waals surface area contributed by atoms with Gasteiger partial charge >= 0.3 is 5.97 Å². The molecule has 0 aliphatic rings. The van der Waals surface area contributed by atoms with Gasteiger partial charge in [0.25, 0.3) is 5.56 Å². The summed E-state index contributed by atoms with van der Waals surface area (Å²) in [4.78, 5) is 29.3. The number of hydrogen-bond donors (Lipinski definition) is 2. The Morgan fingerprint density at radius 1 is 1.12 bits per heavy atom. The Balaban J connectivity index is 1.73. The van der Waals surface area contributed by atoms with Crippen LogP contribution in [0, 0.1) is 0 Å². The van der Waals surface area contributed by atoms with Crippen LogP contribution >= 0.6 is 0 Å². The van der Waals surface area contributed by atoms with Gasteiger partial charge in [-0.15, -0.1) is 0 Å². The van der Waals surface area contributed by atoms with Crippen molar-refractivity contribution in [3.63, 3.8) is 0 Å². The molecule has 0 aliphatic carbocycles. The van der Waals surface area contributed by atoms with Gasteiger partial charge in [-0.25, -0.2) is 14.3 Å². The summed E-state index contributed by atoms with van der Waals surface area (Å²) in [6.45, 7) is 4.36. The van der Waals surface area contributed by atoms with Crippen LogP contribution in [-0.2, 0) is 13.0 Å². The fourth-order valence-corrected chi connectivity index (χ4v) is 3.39. The lowest BCUT2D eigenvalue weighted by Gasteiger charge is -2.10. The first-order valence-corrected chi connectivity index (χ1v) is 10.2. The number of rotatable bonds is 7. The smallest absolute Gasteiger partial charge is 0.341 e. The summed E-state index contributed by atoms with van der Waals surface area (Å²) < 4.78 is 7.02. The van der Waals surface area contributed by atoms with E-state index in [9.17, 15) is 14.7 Å². The molecule has 0 saturated carbocycles. The number of aromatic nitrogens is 3. The predicted octanol–water partition coefficient (Wildman–Crippen LogP) is 4.48. The zero-order valence-corrected chi connectivity index (χ0v) is 17.8. The van der Waals surface area contributed by atoms with Crippen LogP contribution < -0.4 is 10.3 Å². The van der Waals surface area contributed by atoms with Gasteiger partial charge in [0, 0.05) is 17.3 Å². The molecule has 162 valence electrons. The number of aromatic carboxylic acids is 1. The first kappa shape index (κ1) is 21.1. The molecule has 0 saturated heterocycles. The third-order valence-corrected chi connectivity index (χ3v) is 5.08. The SMILES string of the molecule is CC(C)=CCc1c(-c2ccc(OCc3ccccc3)cc2)nc2c(C(=O)O)c[nH]n2c1=O. The van der Waals surface area contributed by atoms with Gasteiger partial charge in [0.2, 0.25) is 0 Å². The third kappa shape index (κ3) is 4.32. The molecule has 0 aliphatic heterocycles. The van der Waals surface area contributed by atoms with E-state index in [1.807, 2.05) is 74.5 Å². The lowest BCUT2D eigenvalue weighted by molar-refractivity contribution is 0.0698. The molecule has 7 nitrogen and oxygen atoms in total. The number of nitrogens with one attached hydrogen (secondary N) is 1. The molecule has 0 bridgehead atoms. The number of ether oxygens (including phenoxy) is 1. The van der Waals surface area contributed by atoms with E-state index in [1.54, 1.807) is 0 Å². The third-order valence-electron chi connectivity index (χ3n) is 5.08.